The van der Waals surface area contributed by atoms with Crippen LogP contribution in [0.1, 0.15) is 0 Å². The molecule has 0 aliphatic heterocycles. The van der Waals surface area contributed by atoms with Crippen molar-refractivity contribution in [2.75, 3.05) is 7.11 Å². The van der Waals surface area contributed by atoms with Gasteiger partial charge in [-0.3, -0.25) is 0 Å². The van der Waals surface area contributed by atoms with Gasteiger partial charge in [-0.1, -0.05) is 42.5 Å². The summed E-state index contributed by atoms with van der Waals surface area (Å²) in [6, 6.07) is 16.9. The Labute approximate surface area is 95.7 Å². The summed E-state index contributed by atoms with van der Waals surface area (Å²) < 4.78 is 17.4. The number of benzene rings is 2. The molecule has 0 spiro atoms. The second-order valence-corrected chi connectivity index (χ2v) is 5.24. The van der Waals surface area contributed by atoms with Gasteiger partial charge < -0.3 is 9.30 Å². The molecule has 0 heterocycles. The van der Waals surface area contributed by atoms with Gasteiger partial charge in [-0.05, 0) is 12.1 Å². The number of hydrogen-bond acceptors (Lipinski definition) is 2. The van der Waals surface area contributed by atoms with Gasteiger partial charge in [0.2, 0.25) is 0 Å². The van der Waals surface area contributed by atoms with E-state index in [1.165, 1.54) is 0 Å². The van der Waals surface area contributed by atoms with E-state index in [0.717, 1.165) is 16.4 Å². The fourth-order valence-corrected chi connectivity index (χ4v) is 2.87. The maximum absolute atomic E-state index is 12.2. The quantitative estimate of drug-likeness (QED) is 0.758. The standard InChI is InChI=1S/C13H13O2P/c1-15-11-6-5-9-13(10-11)16(14)12-7-3-2-4-8-12/h2-10,16H,1H3. The second kappa shape index (κ2) is 5.00. The van der Waals surface area contributed by atoms with Gasteiger partial charge in [0.1, 0.15) is 13.6 Å². The lowest BCUT2D eigenvalue weighted by Gasteiger charge is -2.04. The molecular formula is C13H13O2P. The van der Waals surface area contributed by atoms with E-state index in [0.29, 0.717) is 0 Å². The third-order valence-corrected chi connectivity index (χ3v) is 4.06. The van der Waals surface area contributed by atoms with E-state index in [1.807, 2.05) is 54.6 Å². The highest BCUT2D eigenvalue weighted by Gasteiger charge is 2.06. The highest BCUT2D eigenvalue weighted by atomic mass is 31.1. The van der Waals surface area contributed by atoms with Crippen molar-refractivity contribution in [1.82, 2.24) is 0 Å². The predicted molar refractivity (Wildman–Crippen MR) is 67.7 cm³/mol. The van der Waals surface area contributed by atoms with E-state index >= 15 is 0 Å². The molecule has 0 bridgehead atoms. The van der Waals surface area contributed by atoms with Gasteiger partial charge in [0.05, 0.1) is 7.11 Å². The molecule has 3 heteroatoms. The maximum Gasteiger partial charge on any atom is 0.131 e. The molecule has 16 heavy (non-hydrogen) atoms. The monoisotopic (exact) mass is 232 g/mol. The summed E-state index contributed by atoms with van der Waals surface area (Å²) in [6.45, 7) is 0. The minimum atomic E-state index is -1.91. The highest BCUT2D eigenvalue weighted by Crippen LogP contribution is 2.21. The predicted octanol–water partition coefficient (Wildman–Crippen LogP) is 2.21. The van der Waals surface area contributed by atoms with Crippen molar-refractivity contribution in [2.24, 2.45) is 0 Å². The third-order valence-electron chi connectivity index (χ3n) is 2.37. The summed E-state index contributed by atoms with van der Waals surface area (Å²) in [4.78, 5) is 0. The van der Waals surface area contributed by atoms with Crippen LogP contribution < -0.4 is 15.3 Å². The van der Waals surface area contributed by atoms with Crippen LogP contribution in [-0.4, -0.2) is 7.11 Å². The van der Waals surface area contributed by atoms with E-state index in [2.05, 4.69) is 0 Å². The van der Waals surface area contributed by atoms with Gasteiger partial charge in [0.15, 0.2) is 0 Å². The zero-order chi connectivity index (χ0) is 11.4. The Hall–Kier alpha value is -1.53. The van der Waals surface area contributed by atoms with Gasteiger partial charge in [0.25, 0.3) is 0 Å². The van der Waals surface area contributed by atoms with Crippen LogP contribution in [0.4, 0.5) is 0 Å². The zero-order valence-electron chi connectivity index (χ0n) is 9.01. The minimum Gasteiger partial charge on any atom is -0.497 e. The Morgan fingerprint density at radius 2 is 1.62 bits per heavy atom. The van der Waals surface area contributed by atoms with Crippen LogP contribution in [-0.2, 0) is 4.57 Å². The molecule has 0 radical (unpaired) electrons. The van der Waals surface area contributed by atoms with E-state index in [1.54, 1.807) is 7.11 Å². The molecule has 2 nitrogen and oxygen atoms in total. The van der Waals surface area contributed by atoms with Crippen molar-refractivity contribution >= 4 is 18.4 Å². The summed E-state index contributed by atoms with van der Waals surface area (Å²) in [5.41, 5.74) is 0. The summed E-state index contributed by atoms with van der Waals surface area (Å²) >= 11 is 0. The Morgan fingerprint density at radius 3 is 2.31 bits per heavy atom. The van der Waals surface area contributed by atoms with Gasteiger partial charge in [-0.2, -0.15) is 0 Å². The number of ether oxygens (including phenoxy) is 1. The Bertz CT molecular complexity index is 494. The smallest absolute Gasteiger partial charge is 0.131 e. The molecule has 0 amide bonds. The molecule has 0 aliphatic carbocycles. The summed E-state index contributed by atoms with van der Waals surface area (Å²) in [6.07, 6.45) is 0. The average molecular weight is 232 g/mol. The molecule has 2 aromatic rings. The molecule has 0 saturated heterocycles. The first-order valence-corrected chi connectivity index (χ1v) is 6.46. The van der Waals surface area contributed by atoms with Crippen LogP contribution >= 0.6 is 7.80 Å². The first-order chi connectivity index (χ1) is 7.81. The van der Waals surface area contributed by atoms with Crippen molar-refractivity contribution < 1.29 is 9.30 Å². The first-order valence-electron chi connectivity index (χ1n) is 5.05. The molecular weight excluding hydrogens is 219 g/mol. The van der Waals surface area contributed by atoms with Gasteiger partial charge >= 0.3 is 0 Å². The van der Waals surface area contributed by atoms with Crippen LogP contribution in [0, 0.1) is 0 Å². The molecule has 1 unspecified atom stereocenters. The summed E-state index contributed by atoms with van der Waals surface area (Å²) in [5, 5.41) is 1.70. The fourth-order valence-electron chi connectivity index (χ4n) is 1.52. The lowest BCUT2D eigenvalue weighted by molar-refractivity contribution is 0.415. The Kier molecular flexibility index (Phi) is 3.43. The topological polar surface area (TPSA) is 26.3 Å². The van der Waals surface area contributed by atoms with Crippen LogP contribution in [0.25, 0.3) is 0 Å². The van der Waals surface area contributed by atoms with Crippen LogP contribution in [0.15, 0.2) is 54.6 Å². The number of hydrogen-bond donors (Lipinski definition) is 0. The lowest BCUT2D eigenvalue weighted by Crippen LogP contribution is -2.06. The third kappa shape index (κ3) is 2.34. The maximum atomic E-state index is 12.2. The second-order valence-electron chi connectivity index (χ2n) is 3.43. The van der Waals surface area contributed by atoms with Gasteiger partial charge in [-0.15, -0.1) is 0 Å². The molecule has 0 aromatic heterocycles. The molecule has 0 aliphatic rings. The van der Waals surface area contributed by atoms with E-state index < -0.39 is 7.80 Å². The summed E-state index contributed by atoms with van der Waals surface area (Å²) in [7, 11) is -0.297. The first kappa shape index (κ1) is 11.0. The molecule has 2 aromatic carbocycles. The average Bonchev–Trinajstić information content (AvgIpc) is 2.39. The van der Waals surface area contributed by atoms with Crippen molar-refractivity contribution in [1.29, 1.82) is 0 Å². The zero-order valence-corrected chi connectivity index (χ0v) is 10.0. The van der Waals surface area contributed by atoms with Crippen molar-refractivity contribution in [3.63, 3.8) is 0 Å². The fraction of sp³-hybridized carbons (Fsp3) is 0.0769. The number of methoxy groups -OCH3 is 1. The SMILES string of the molecule is COc1cccc([PH](=O)c2ccccc2)c1. The minimum absolute atomic E-state index is 0.742. The van der Waals surface area contributed by atoms with Crippen molar-refractivity contribution in [3.05, 3.63) is 54.6 Å². The van der Waals surface area contributed by atoms with Gasteiger partial charge in [-0.25, -0.2) is 0 Å². The summed E-state index contributed by atoms with van der Waals surface area (Å²) in [5.74, 6) is 0.742. The Morgan fingerprint density at radius 1 is 0.938 bits per heavy atom. The van der Waals surface area contributed by atoms with E-state index in [4.69, 9.17) is 4.74 Å². The van der Waals surface area contributed by atoms with Crippen molar-refractivity contribution in [2.45, 2.75) is 0 Å². The van der Waals surface area contributed by atoms with Crippen LogP contribution in [0.2, 0.25) is 0 Å². The van der Waals surface area contributed by atoms with Crippen LogP contribution in [0.3, 0.4) is 0 Å². The van der Waals surface area contributed by atoms with Crippen LogP contribution in [0.5, 0.6) is 5.75 Å². The van der Waals surface area contributed by atoms with E-state index in [9.17, 15) is 4.57 Å². The largest absolute Gasteiger partial charge is 0.497 e. The Balaban J connectivity index is 2.34. The lowest BCUT2D eigenvalue weighted by atomic mass is 10.3. The molecule has 2 rings (SSSR count). The van der Waals surface area contributed by atoms with Crippen molar-refractivity contribution in [3.8, 4) is 5.75 Å². The molecule has 82 valence electrons. The number of rotatable bonds is 3. The van der Waals surface area contributed by atoms with Gasteiger partial charge in [0, 0.05) is 10.6 Å². The molecule has 0 N–H and O–H groups in total. The molecule has 1 atom stereocenters. The normalized spacial score (nSPS) is 12.1. The molecule has 0 saturated carbocycles. The highest BCUT2D eigenvalue weighted by molar-refractivity contribution is 7.61. The van der Waals surface area contributed by atoms with E-state index in [-0.39, 0.29) is 0 Å². The molecule has 0 fully saturated rings.